The highest BCUT2D eigenvalue weighted by molar-refractivity contribution is 5.87. The van der Waals surface area contributed by atoms with Crippen LogP contribution in [0.25, 0.3) is 0 Å². The van der Waals surface area contributed by atoms with E-state index < -0.39 is 0 Å². The van der Waals surface area contributed by atoms with Gasteiger partial charge in [0.15, 0.2) is 0 Å². The SMILES string of the molecule is C=CC(=O)N(CCC#N)C(C)(C)C. The monoisotopic (exact) mass is 180 g/mol. The Morgan fingerprint density at radius 2 is 2.15 bits per heavy atom. The normalized spacial score (nSPS) is 10.3. The molecule has 13 heavy (non-hydrogen) atoms. The Bertz CT molecular complexity index is 232. The van der Waals surface area contributed by atoms with E-state index in [0.717, 1.165) is 0 Å². The second kappa shape index (κ2) is 4.66. The zero-order valence-corrected chi connectivity index (χ0v) is 8.50. The molecule has 0 saturated heterocycles. The van der Waals surface area contributed by atoms with Crippen molar-refractivity contribution >= 4 is 5.91 Å². The first-order valence-corrected chi connectivity index (χ1v) is 4.24. The summed E-state index contributed by atoms with van der Waals surface area (Å²) in [6.07, 6.45) is 1.64. The summed E-state index contributed by atoms with van der Waals surface area (Å²) in [5, 5.41) is 8.42. The van der Waals surface area contributed by atoms with Crippen molar-refractivity contribution in [3.05, 3.63) is 12.7 Å². The molecule has 0 radical (unpaired) electrons. The molecule has 0 bridgehead atoms. The van der Waals surface area contributed by atoms with E-state index in [1.54, 1.807) is 4.90 Å². The van der Waals surface area contributed by atoms with Gasteiger partial charge in [-0.1, -0.05) is 6.58 Å². The third-order valence-electron chi connectivity index (χ3n) is 1.70. The van der Waals surface area contributed by atoms with Gasteiger partial charge in [-0.3, -0.25) is 4.79 Å². The van der Waals surface area contributed by atoms with Crippen LogP contribution in [0.15, 0.2) is 12.7 Å². The molecule has 0 unspecified atom stereocenters. The van der Waals surface area contributed by atoms with Gasteiger partial charge in [-0.25, -0.2) is 0 Å². The third kappa shape index (κ3) is 3.75. The Morgan fingerprint density at radius 3 is 2.46 bits per heavy atom. The van der Waals surface area contributed by atoms with Crippen LogP contribution in [0.4, 0.5) is 0 Å². The van der Waals surface area contributed by atoms with Crippen LogP contribution in [0.5, 0.6) is 0 Å². The lowest BCUT2D eigenvalue weighted by Crippen LogP contribution is -2.45. The lowest BCUT2D eigenvalue weighted by molar-refractivity contribution is -0.130. The second-order valence-corrected chi connectivity index (χ2v) is 3.77. The molecule has 0 aromatic heterocycles. The van der Waals surface area contributed by atoms with Crippen molar-refractivity contribution in [2.75, 3.05) is 6.54 Å². The molecule has 0 saturated carbocycles. The summed E-state index contributed by atoms with van der Waals surface area (Å²) >= 11 is 0. The lowest BCUT2D eigenvalue weighted by Gasteiger charge is -2.34. The summed E-state index contributed by atoms with van der Waals surface area (Å²) in [7, 11) is 0. The van der Waals surface area contributed by atoms with Crippen LogP contribution in [-0.4, -0.2) is 22.9 Å². The number of carbonyl (C=O) groups excluding carboxylic acids is 1. The summed E-state index contributed by atoms with van der Waals surface area (Å²) < 4.78 is 0. The second-order valence-electron chi connectivity index (χ2n) is 3.77. The summed E-state index contributed by atoms with van der Waals surface area (Å²) in [6.45, 7) is 9.70. The van der Waals surface area contributed by atoms with E-state index in [1.165, 1.54) is 6.08 Å². The van der Waals surface area contributed by atoms with Crippen molar-refractivity contribution in [2.45, 2.75) is 32.7 Å². The predicted molar refractivity (Wildman–Crippen MR) is 51.9 cm³/mol. The first kappa shape index (κ1) is 11.7. The molecule has 3 nitrogen and oxygen atoms in total. The first-order chi connectivity index (χ1) is 5.93. The zero-order valence-electron chi connectivity index (χ0n) is 8.50. The van der Waals surface area contributed by atoms with Gasteiger partial charge in [0.05, 0.1) is 12.5 Å². The molecule has 72 valence electrons. The molecule has 0 heterocycles. The van der Waals surface area contributed by atoms with E-state index in [1.807, 2.05) is 26.8 Å². The molecule has 0 aromatic carbocycles. The maximum absolute atomic E-state index is 11.4. The Balaban J connectivity index is 4.48. The first-order valence-electron chi connectivity index (χ1n) is 4.24. The van der Waals surface area contributed by atoms with E-state index in [4.69, 9.17) is 5.26 Å². The molecule has 0 spiro atoms. The topological polar surface area (TPSA) is 44.1 Å². The van der Waals surface area contributed by atoms with Crippen molar-refractivity contribution in [1.82, 2.24) is 4.90 Å². The number of nitriles is 1. The van der Waals surface area contributed by atoms with Gasteiger partial charge in [0.2, 0.25) is 5.91 Å². The van der Waals surface area contributed by atoms with Gasteiger partial charge in [0, 0.05) is 12.1 Å². The Labute approximate surface area is 79.6 Å². The van der Waals surface area contributed by atoms with E-state index in [2.05, 4.69) is 6.58 Å². The molecule has 0 aromatic rings. The number of amides is 1. The van der Waals surface area contributed by atoms with E-state index in [9.17, 15) is 4.79 Å². The highest BCUT2D eigenvalue weighted by Crippen LogP contribution is 2.13. The van der Waals surface area contributed by atoms with Gasteiger partial charge >= 0.3 is 0 Å². The average molecular weight is 180 g/mol. The zero-order chi connectivity index (χ0) is 10.5. The smallest absolute Gasteiger partial charge is 0.246 e. The number of hydrogen-bond acceptors (Lipinski definition) is 2. The number of hydrogen-bond donors (Lipinski definition) is 0. The van der Waals surface area contributed by atoms with Crippen LogP contribution >= 0.6 is 0 Å². The van der Waals surface area contributed by atoms with Gasteiger partial charge in [-0.15, -0.1) is 0 Å². The minimum absolute atomic E-state index is 0.122. The number of rotatable bonds is 3. The van der Waals surface area contributed by atoms with E-state index >= 15 is 0 Å². The van der Waals surface area contributed by atoms with Gasteiger partial charge in [-0.05, 0) is 26.8 Å². The highest BCUT2D eigenvalue weighted by atomic mass is 16.2. The number of nitrogens with zero attached hydrogens (tertiary/aromatic N) is 2. The molecule has 0 aliphatic heterocycles. The van der Waals surface area contributed by atoms with Crippen molar-refractivity contribution in [3.63, 3.8) is 0 Å². The quantitative estimate of drug-likeness (QED) is 0.620. The summed E-state index contributed by atoms with van der Waals surface area (Å²) in [6, 6.07) is 2.02. The van der Waals surface area contributed by atoms with Crippen molar-refractivity contribution in [3.8, 4) is 6.07 Å². The van der Waals surface area contributed by atoms with Crippen LogP contribution < -0.4 is 0 Å². The molecule has 1 amide bonds. The highest BCUT2D eigenvalue weighted by Gasteiger charge is 2.23. The Kier molecular flexibility index (Phi) is 4.19. The molecule has 0 atom stereocenters. The minimum atomic E-state index is -0.248. The number of carbonyl (C=O) groups is 1. The van der Waals surface area contributed by atoms with Gasteiger partial charge in [-0.2, -0.15) is 5.26 Å². The fraction of sp³-hybridized carbons (Fsp3) is 0.600. The van der Waals surface area contributed by atoms with Crippen LogP contribution in [-0.2, 0) is 4.79 Å². The van der Waals surface area contributed by atoms with Crippen molar-refractivity contribution in [1.29, 1.82) is 5.26 Å². The lowest BCUT2D eigenvalue weighted by atomic mass is 10.1. The van der Waals surface area contributed by atoms with E-state index in [0.29, 0.717) is 13.0 Å². The fourth-order valence-corrected chi connectivity index (χ4v) is 1.05. The van der Waals surface area contributed by atoms with Crippen molar-refractivity contribution < 1.29 is 4.79 Å². The standard InChI is InChI=1S/C10H16N2O/c1-5-9(13)12(8-6-7-11)10(2,3)4/h5H,1,6,8H2,2-4H3. The van der Waals surface area contributed by atoms with Gasteiger partial charge in [0.25, 0.3) is 0 Å². The largest absolute Gasteiger partial charge is 0.333 e. The molecule has 0 aliphatic carbocycles. The average Bonchev–Trinajstić information content (AvgIpc) is 2.02. The molecular weight excluding hydrogens is 164 g/mol. The maximum atomic E-state index is 11.4. The Morgan fingerprint density at radius 1 is 1.62 bits per heavy atom. The van der Waals surface area contributed by atoms with Crippen LogP contribution in [0, 0.1) is 11.3 Å². The summed E-state index contributed by atoms with van der Waals surface area (Å²) in [4.78, 5) is 13.0. The van der Waals surface area contributed by atoms with Crippen molar-refractivity contribution in [2.24, 2.45) is 0 Å². The predicted octanol–water partition coefficient (Wildman–Crippen LogP) is 1.71. The molecule has 0 rings (SSSR count). The summed E-state index contributed by atoms with van der Waals surface area (Å²) in [5.41, 5.74) is -0.248. The fourth-order valence-electron chi connectivity index (χ4n) is 1.05. The van der Waals surface area contributed by atoms with Gasteiger partial charge in [0.1, 0.15) is 0 Å². The molecule has 0 N–H and O–H groups in total. The Hall–Kier alpha value is -1.30. The van der Waals surface area contributed by atoms with Crippen LogP contribution in [0.3, 0.4) is 0 Å². The van der Waals surface area contributed by atoms with Crippen LogP contribution in [0.2, 0.25) is 0 Å². The van der Waals surface area contributed by atoms with Gasteiger partial charge < -0.3 is 4.90 Å². The minimum Gasteiger partial charge on any atom is -0.333 e. The third-order valence-corrected chi connectivity index (χ3v) is 1.70. The molecule has 0 fully saturated rings. The van der Waals surface area contributed by atoms with Crippen LogP contribution in [0.1, 0.15) is 27.2 Å². The maximum Gasteiger partial charge on any atom is 0.246 e. The molecule has 0 aliphatic rings. The molecular formula is C10H16N2O. The van der Waals surface area contributed by atoms with E-state index in [-0.39, 0.29) is 11.4 Å². The summed E-state index contributed by atoms with van der Waals surface area (Å²) in [5.74, 6) is -0.122. The molecule has 3 heteroatoms.